The molecule has 0 saturated carbocycles. The molecule has 0 aromatic carbocycles. The minimum absolute atomic E-state index is 0.504. The molecule has 0 spiro atoms. The lowest BCUT2D eigenvalue weighted by atomic mass is 10.1. The van der Waals surface area contributed by atoms with Gasteiger partial charge in [0.25, 0.3) is 0 Å². The van der Waals surface area contributed by atoms with Crippen LogP contribution in [0, 0.1) is 6.92 Å². The summed E-state index contributed by atoms with van der Waals surface area (Å²) in [6, 6.07) is 0. The van der Waals surface area contributed by atoms with Crippen molar-refractivity contribution in [2.45, 2.75) is 20.0 Å². The van der Waals surface area contributed by atoms with E-state index < -0.39 is 6.10 Å². The third kappa shape index (κ3) is 2.15. The number of aliphatic hydroxyl groups is 1. The first-order chi connectivity index (χ1) is 6.02. The Morgan fingerprint density at radius 3 is 2.46 bits per heavy atom. The van der Waals surface area contributed by atoms with E-state index in [1.807, 2.05) is 25.9 Å². The molecule has 0 aliphatic carbocycles. The predicted molar refractivity (Wildman–Crippen MR) is 51.7 cm³/mol. The lowest BCUT2D eigenvalue weighted by molar-refractivity contribution is 0.197. The average Bonchev–Trinajstić information content (AvgIpc) is 2.03. The van der Waals surface area contributed by atoms with Crippen LogP contribution in [-0.2, 0) is 0 Å². The lowest BCUT2D eigenvalue weighted by Gasteiger charge is -2.13. The molecule has 1 aromatic heterocycles. The number of aromatic nitrogens is 2. The lowest BCUT2D eigenvalue weighted by Crippen LogP contribution is -2.14. The molecule has 4 heteroatoms. The third-order valence-corrected chi connectivity index (χ3v) is 1.85. The van der Waals surface area contributed by atoms with E-state index in [1.54, 1.807) is 13.1 Å². The van der Waals surface area contributed by atoms with Crippen LogP contribution in [0.25, 0.3) is 0 Å². The first kappa shape index (κ1) is 9.92. The summed E-state index contributed by atoms with van der Waals surface area (Å²) in [7, 11) is 3.77. The molecule has 1 N–H and O–H groups in total. The van der Waals surface area contributed by atoms with Crippen LogP contribution in [0.3, 0.4) is 0 Å². The highest BCUT2D eigenvalue weighted by atomic mass is 16.3. The number of nitrogens with zero attached hydrogens (tertiary/aromatic N) is 3. The number of hydrogen-bond acceptors (Lipinski definition) is 4. The van der Waals surface area contributed by atoms with E-state index in [9.17, 15) is 5.11 Å². The Labute approximate surface area is 78.2 Å². The molecule has 0 aliphatic rings. The fourth-order valence-corrected chi connectivity index (χ4v) is 1.09. The second kappa shape index (κ2) is 3.70. The van der Waals surface area contributed by atoms with Crippen molar-refractivity contribution in [2.24, 2.45) is 0 Å². The minimum Gasteiger partial charge on any atom is -0.389 e. The maximum absolute atomic E-state index is 9.34. The molecule has 72 valence electrons. The van der Waals surface area contributed by atoms with Gasteiger partial charge in [-0.3, -0.25) is 0 Å². The van der Waals surface area contributed by atoms with E-state index in [0.717, 1.165) is 11.3 Å². The number of rotatable bonds is 2. The molecular formula is C9H15N3O. The van der Waals surface area contributed by atoms with Gasteiger partial charge < -0.3 is 10.0 Å². The molecule has 0 amide bonds. The molecular weight excluding hydrogens is 166 g/mol. The predicted octanol–water partition coefficient (Wildman–Crippen LogP) is 0.904. The van der Waals surface area contributed by atoms with Crippen LogP contribution in [0.15, 0.2) is 6.20 Å². The number of aliphatic hydroxyl groups excluding tert-OH is 1. The van der Waals surface area contributed by atoms with Crippen LogP contribution in [-0.4, -0.2) is 29.2 Å². The highest BCUT2D eigenvalue weighted by molar-refractivity contribution is 5.31. The van der Waals surface area contributed by atoms with Crippen molar-refractivity contribution in [1.82, 2.24) is 9.97 Å². The van der Waals surface area contributed by atoms with Gasteiger partial charge in [-0.15, -0.1) is 0 Å². The fourth-order valence-electron chi connectivity index (χ4n) is 1.09. The summed E-state index contributed by atoms with van der Waals surface area (Å²) < 4.78 is 0. The van der Waals surface area contributed by atoms with Crippen molar-refractivity contribution < 1.29 is 5.11 Å². The van der Waals surface area contributed by atoms with Gasteiger partial charge in [-0.1, -0.05) is 0 Å². The van der Waals surface area contributed by atoms with Crippen molar-refractivity contribution in [3.63, 3.8) is 0 Å². The summed E-state index contributed by atoms with van der Waals surface area (Å²) >= 11 is 0. The van der Waals surface area contributed by atoms with E-state index in [4.69, 9.17) is 0 Å². The summed E-state index contributed by atoms with van der Waals surface area (Å²) in [5.41, 5.74) is 1.61. The van der Waals surface area contributed by atoms with Crippen molar-refractivity contribution >= 4 is 5.95 Å². The Balaban J connectivity index is 3.06. The van der Waals surface area contributed by atoms with Crippen LogP contribution in [0.4, 0.5) is 5.95 Å². The Morgan fingerprint density at radius 1 is 1.46 bits per heavy atom. The van der Waals surface area contributed by atoms with E-state index in [-0.39, 0.29) is 0 Å². The molecule has 1 rings (SSSR count). The third-order valence-electron chi connectivity index (χ3n) is 1.85. The van der Waals surface area contributed by atoms with Gasteiger partial charge in [0.05, 0.1) is 6.10 Å². The van der Waals surface area contributed by atoms with Crippen LogP contribution >= 0.6 is 0 Å². The van der Waals surface area contributed by atoms with Gasteiger partial charge in [-0.05, 0) is 13.8 Å². The van der Waals surface area contributed by atoms with Gasteiger partial charge in [0.1, 0.15) is 0 Å². The zero-order valence-corrected chi connectivity index (χ0v) is 8.44. The Hall–Kier alpha value is -1.16. The molecule has 1 atom stereocenters. The minimum atomic E-state index is -0.504. The van der Waals surface area contributed by atoms with Crippen LogP contribution in [0.2, 0.25) is 0 Å². The van der Waals surface area contributed by atoms with Crippen molar-refractivity contribution in [3.05, 3.63) is 17.5 Å². The SMILES string of the molecule is Cc1nc(N(C)C)ncc1C(C)O. The largest absolute Gasteiger partial charge is 0.389 e. The molecule has 0 bridgehead atoms. The van der Waals surface area contributed by atoms with Gasteiger partial charge in [0.2, 0.25) is 5.95 Å². The Kier molecular flexibility index (Phi) is 2.83. The molecule has 4 nitrogen and oxygen atoms in total. The van der Waals surface area contributed by atoms with Gasteiger partial charge >= 0.3 is 0 Å². The van der Waals surface area contributed by atoms with Crippen molar-refractivity contribution in [3.8, 4) is 0 Å². The smallest absolute Gasteiger partial charge is 0.224 e. The van der Waals surface area contributed by atoms with E-state index in [0.29, 0.717) is 5.95 Å². The van der Waals surface area contributed by atoms with E-state index in [1.165, 1.54) is 0 Å². The second-order valence-electron chi connectivity index (χ2n) is 3.28. The number of anilines is 1. The highest BCUT2D eigenvalue weighted by Gasteiger charge is 2.08. The molecule has 0 saturated heterocycles. The quantitative estimate of drug-likeness (QED) is 0.736. The zero-order valence-electron chi connectivity index (χ0n) is 8.44. The average molecular weight is 181 g/mol. The standard InChI is InChI=1S/C9H15N3O/c1-6-8(7(2)13)5-10-9(11-6)12(3)4/h5,7,13H,1-4H3. The van der Waals surface area contributed by atoms with E-state index >= 15 is 0 Å². The van der Waals surface area contributed by atoms with Gasteiger partial charge in [-0.25, -0.2) is 9.97 Å². The molecule has 1 unspecified atom stereocenters. The summed E-state index contributed by atoms with van der Waals surface area (Å²) in [6.07, 6.45) is 1.17. The van der Waals surface area contributed by atoms with Gasteiger partial charge in [0.15, 0.2) is 0 Å². The zero-order chi connectivity index (χ0) is 10.0. The van der Waals surface area contributed by atoms with Crippen molar-refractivity contribution in [1.29, 1.82) is 0 Å². The topological polar surface area (TPSA) is 49.2 Å². The van der Waals surface area contributed by atoms with Crippen LogP contribution in [0.1, 0.15) is 24.3 Å². The number of aryl methyl sites for hydroxylation is 1. The van der Waals surface area contributed by atoms with Crippen LogP contribution in [0.5, 0.6) is 0 Å². The molecule has 0 radical (unpaired) electrons. The molecule has 13 heavy (non-hydrogen) atoms. The monoisotopic (exact) mass is 181 g/mol. The van der Waals surface area contributed by atoms with Crippen molar-refractivity contribution in [2.75, 3.05) is 19.0 Å². The maximum atomic E-state index is 9.34. The summed E-state index contributed by atoms with van der Waals surface area (Å²) in [6.45, 7) is 3.58. The Morgan fingerprint density at radius 2 is 2.08 bits per heavy atom. The maximum Gasteiger partial charge on any atom is 0.224 e. The first-order valence-electron chi connectivity index (χ1n) is 4.21. The molecule has 0 fully saturated rings. The van der Waals surface area contributed by atoms with E-state index in [2.05, 4.69) is 9.97 Å². The van der Waals surface area contributed by atoms with Crippen LogP contribution < -0.4 is 4.90 Å². The van der Waals surface area contributed by atoms with Gasteiger partial charge in [-0.2, -0.15) is 0 Å². The molecule has 1 aromatic rings. The Bertz CT molecular complexity index is 297. The first-order valence-corrected chi connectivity index (χ1v) is 4.21. The number of hydrogen-bond donors (Lipinski definition) is 1. The molecule has 0 aliphatic heterocycles. The fraction of sp³-hybridized carbons (Fsp3) is 0.556. The summed E-state index contributed by atoms with van der Waals surface area (Å²) in [5, 5.41) is 9.34. The summed E-state index contributed by atoms with van der Waals surface area (Å²) in [4.78, 5) is 10.2. The highest BCUT2D eigenvalue weighted by Crippen LogP contribution is 2.15. The molecule has 1 heterocycles. The van der Waals surface area contributed by atoms with Gasteiger partial charge in [0, 0.05) is 31.5 Å². The second-order valence-corrected chi connectivity index (χ2v) is 3.28. The summed E-state index contributed by atoms with van der Waals surface area (Å²) in [5.74, 6) is 0.668. The normalized spacial score (nSPS) is 12.7.